The fraction of sp³-hybridized carbons (Fsp3) is 0.600. The highest BCUT2D eigenvalue weighted by molar-refractivity contribution is 9.10. The first-order valence-electron chi connectivity index (χ1n) is 4.74. The highest BCUT2D eigenvalue weighted by Gasteiger charge is 2.17. The molecule has 0 bridgehead atoms. The van der Waals surface area contributed by atoms with Crippen molar-refractivity contribution in [2.45, 2.75) is 32.2 Å². The predicted octanol–water partition coefficient (Wildman–Crippen LogP) is 2.65. The molecule has 2 heterocycles. The van der Waals surface area contributed by atoms with Crippen LogP contribution >= 0.6 is 15.9 Å². The second kappa shape index (κ2) is 3.84. The van der Waals surface area contributed by atoms with Crippen LogP contribution in [0.25, 0.3) is 0 Å². The van der Waals surface area contributed by atoms with Crippen molar-refractivity contribution in [2.75, 3.05) is 6.54 Å². The minimum Gasteiger partial charge on any atom is -0.454 e. The Morgan fingerprint density at radius 3 is 3.08 bits per heavy atom. The molecular weight excluding hydrogens is 230 g/mol. The lowest BCUT2D eigenvalue weighted by atomic mass is 10.1. The van der Waals surface area contributed by atoms with E-state index in [0.29, 0.717) is 6.04 Å². The van der Waals surface area contributed by atoms with Crippen molar-refractivity contribution in [2.24, 2.45) is 0 Å². The molecule has 1 fully saturated rings. The first kappa shape index (κ1) is 9.28. The van der Waals surface area contributed by atoms with E-state index in [2.05, 4.69) is 28.2 Å². The molecule has 3 heteroatoms. The van der Waals surface area contributed by atoms with Crippen molar-refractivity contribution in [3.05, 3.63) is 22.1 Å². The van der Waals surface area contributed by atoms with Gasteiger partial charge in [-0.1, -0.05) is 0 Å². The molecule has 1 aromatic heterocycles. The predicted molar refractivity (Wildman–Crippen MR) is 55.9 cm³/mol. The van der Waals surface area contributed by atoms with Gasteiger partial charge in [-0.15, -0.1) is 0 Å². The Balaban J connectivity index is 2.03. The molecule has 1 aromatic rings. The van der Waals surface area contributed by atoms with E-state index < -0.39 is 0 Å². The molecule has 0 saturated carbocycles. The molecule has 2 nitrogen and oxygen atoms in total. The van der Waals surface area contributed by atoms with Crippen LogP contribution < -0.4 is 5.32 Å². The van der Waals surface area contributed by atoms with Crippen molar-refractivity contribution >= 4 is 15.9 Å². The Labute approximate surface area is 86.8 Å². The van der Waals surface area contributed by atoms with E-state index in [0.717, 1.165) is 23.4 Å². The molecule has 1 atom stereocenters. The van der Waals surface area contributed by atoms with E-state index in [-0.39, 0.29) is 0 Å². The summed E-state index contributed by atoms with van der Waals surface area (Å²) in [5.74, 6) is 1.12. The summed E-state index contributed by atoms with van der Waals surface area (Å²) in [6.45, 7) is 3.25. The molecule has 0 spiro atoms. The maximum absolute atomic E-state index is 5.55. The normalized spacial score (nSPS) is 22.5. The van der Waals surface area contributed by atoms with Gasteiger partial charge >= 0.3 is 0 Å². The van der Waals surface area contributed by atoms with Crippen molar-refractivity contribution in [1.29, 1.82) is 0 Å². The summed E-state index contributed by atoms with van der Waals surface area (Å²) in [5, 5.41) is 3.47. The molecule has 13 heavy (non-hydrogen) atoms. The summed E-state index contributed by atoms with van der Waals surface area (Å²) >= 11 is 3.35. The van der Waals surface area contributed by atoms with Gasteiger partial charge in [0.05, 0.1) is 0 Å². The van der Waals surface area contributed by atoms with Gasteiger partial charge < -0.3 is 9.73 Å². The fourth-order valence-electron chi connectivity index (χ4n) is 1.84. The second-order valence-corrected chi connectivity index (χ2v) is 4.44. The Morgan fingerprint density at radius 1 is 1.69 bits per heavy atom. The summed E-state index contributed by atoms with van der Waals surface area (Å²) in [7, 11) is 0. The van der Waals surface area contributed by atoms with Gasteiger partial charge in [0.1, 0.15) is 5.76 Å². The number of aryl methyl sites for hydroxylation is 1. The summed E-state index contributed by atoms with van der Waals surface area (Å²) in [6, 6.07) is 2.65. The molecule has 1 N–H and O–H groups in total. The summed E-state index contributed by atoms with van der Waals surface area (Å²) < 4.78 is 6.40. The zero-order valence-electron chi connectivity index (χ0n) is 7.77. The van der Waals surface area contributed by atoms with Crippen LogP contribution in [0, 0.1) is 6.92 Å². The molecule has 1 saturated heterocycles. The van der Waals surface area contributed by atoms with Crippen LogP contribution in [0.2, 0.25) is 0 Å². The van der Waals surface area contributed by atoms with E-state index >= 15 is 0 Å². The van der Waals surface area contributed by atoms with Crippen LogP contribution in [0.1, 0.15) is 24.2 Å². The Morgan fingerprint density at radius 2 is 2.54 bits per heavy atom. The first-order valence-corrected chi connectivity index (χ1v) is 5.53. The standard InChI is InChI=1S/C10H14BrNO/c1-7-5-10(11)13-9(7)6-8-3-2-4-12-8/h5,8,12H,2-4,6H2,1H3. The first-order chi connectivity index (χ1) is 6.25. The van der Waals surface area contributed by atoms with E-state index in [4.69, 9.17) is 4.42 Å². The van der Waals surface area contributed by atoms with E-state index in [1.807, 2.05) is 6.07 Å². The molecule has 2 rings (SSSR count). The van der Waals surface area contributed by atoms with Crippen LogP contribution in [0.15, 0.2) is 15.2 Å². The summed E-state index contributed by atoms with van der Waals surface area (Å²) in [6.07, 6.45) is 3.60. The van der Waals surface area contributed by atoms with E-state index in [9.17, 15) is 0 Å². The topological polar surface area (TPSA) is 25.2 Å². The third kappa shape index (κ3) is 2.15. The maximum atomic E-state index is 5.55. The van der Waals surface area contributed by atoms with Gasteiger partial charge in [-0.05, 0) is 53.9 Å². The molecule has 1 aliphatic rings. The zero-order valence-corrected chi connectivity index (χ0v) is 9.36. The smallest absolute Gasteiger partial charge is 0.169 e. The van der Waals surface area contributed by atoms with Crippen LogP contribution in [0.3, 0.4) is 0 Å². The van der Waals surface area contributed by atoms with Crippen LogP contribution in [-0.4, -0.2) is 12.6 Å². The van der Waals surface area contributed by atoms with Gasteiger partial charge in [0.15, 0.2) is 4.67 Å². The Bertz CT molecular complexity index is 289. The largest absolute Gasteiger partial charge is 0.454 e. The van der Waals surface area contributed by atoms with Crippen LogP contribution in [0.5, 0.6) is 0 Å². The highest BCUT2D eigenvalue weighted by Crippen LogP contribution is 2.22. The monoisotopic (exact) mass is 243 g/mol. The van der Waals surface area contributed by atoms with Gasteiger partial charge in [0, 0.05) is 12.5 Å². The lowest BCUT2D eigenvalue weighted by molar-refractivity contribution is 0.452. The number of nitrogens with one attached hydrogen (secondary N) is 1. The number of hydrogen-bond donors (Lipinski definition) is 1. The number of halogens is 1. The van der Waals surface area contributed by atoms with Gasteiger partial charge in [-0.2, -0.15) is 0 Å². The van der Waals surface area contributed by atoms with Crippen LogP contribution in [-0.2, 0) is 6.42 Å². The molecule has 0 radical (unpaired) electrons. The Hall–Kier alpha value is -0.280. The summed E-state index contributed by atoms with van der Waals surface area (Å²) in [5.41, 5.74) is 1.25. The van der Waals surface area contributed by atoms with Gasteiger partial charge in [0.2, 0.25) is 0 Å². The second-order valence-electron chi connectivity index (χ2n) is 3.65. The van der Waals surface area contributed by atoms with Crippen LogP contribution in [0.4, 0.5) is 0 Å². The fourth-order valence-corrected chi connectivity index (χ4v) is 2.37. The quantitative estimate of drug-likeness (QED) is 0.865. The lowest BCUT2D eigenvalue weighted by Crippen LogP contribution is -2.23. The molecule has 0 amide bonds. The highest BCUT2D eigenvalue weighted by atomic mass is 79.9. The van der Waals surface area contributed by atoms with Crippen molar-refractivity contribution < 1.29 is 4.42 Å². The molecule has 1 unspecified atom stereocenters. The van der Waals surface area contributed by atoms with Crippen molar-refractivity contribution in [3.8, 4) is 0 Å². The van der Waals surface area contributed by atoms with Crippen molar-refractivity contribution in [1.82, 2.24) is 5.32 Å². The number of hydrogen-bond acceptors (Lipinski definition) is 2. The molecule has 0 aliphatic carbocycles. The Kier molecular flexibility index (Phi) is 2.74. The van der Waals surface area contributed by atoms with Gasteiger partial charge in [-0.3, -0.25) is 0 Å². The molecular formula is C10H14BrNO. The van der Waals surface area contributed by atoms with E-state index in [1.165, 1.54) is 18.4 Å². The van der Waals surface area contributed by atoms with Gasteiger partial charge in [-0.25, -0.2) is 0 Å². The zero-order chi connectivity index (χ0) is 9.26. The molecule has 0 aromatic carbocycles. The molecule has 72 valence electrons. The average Bonchev–Trinajstić information content (AvgIpc) is 2.63. The van der Waals surface area contributed by atoms with Crippen molar-refractivity contribution in [3.63, 3.8) is 0 Å². The average molecular weight is 244 g/mol. The lowest BCUT2D eigenvalue weighted by Gasteiger charge is -2.07. The number of rotatable bonds is 2. The SMILES string of the molecule is Cc1cc(Br)oc1CC1CCCN1. The number of furan rings is 1. The maximum Gasteiger partial charge on any atom is 0.169 e. The molecule has 1 aliphatic heterocycles. The minimum absolute atomic E-state index is 0.622. The van der Waals surface area contributed by atoms with Gasteiger partial charge in [0.25, 0.3) is 0 Å². The third-order valence-corrected chi connectivity index (χ3v) is 2.98. The van der Waals surface area contributed by atoms with E-state index in [1.54, 1.807) is 0 Å². The minimum atomic E-state index is 0.622. The summed E-state index contributed by atoms with van der Waals surface area (Å²) in [4.78, 5) is 0. The third-order valence-electron chi connectivity index (χ3n) is 2.58.